The first kappa shape index (κ1) is 18.0. The first-order valence-corrected chi connectivity index (χ1v) is 8.46. The largest absolute Gasteiger partial charge is 0.333 e. The molecule has 0 aliphatic heterocycles. The van der Waals surface area contributed by atoms with Crippen molar-refractivity contribution in [3.05, 3.63) is 62.6 Å². The molecule has 2 rings (SSSR count). The van der Waals surface area contributed by atoms with Gasteiger partial charge in [-0.15, -0.1) is 0 Å². The average Bonchev–Trinajstić information content (AvgIpc) is 2.50. The van der Waals surface area contributed by atoms with Crippen molar-refractivity contribution in [1.29, 1.82) is 0 Å². The van der Waals surface area contributed by atoms with E-state index in [4.69, 9.17) is 23.2 Å². The molecule has 0 saturated heterocycles. The van der Waals surface area contributed by atoms with Crippen LogP contribution in [0.4, 0.5) is 16.2 Å². The highest BCUT2D eigenvalue weighted by Gasteiger charge is 2.19. The molecule has 0 radical (unpaired) electrons. The number of carbonyl (C=O) groups excluding carboxylic acids is 1. The molecule has 24 heavy (non-hydrogen) atoms. The lowest BCUT2D eigenvalue weighted by Crippen LogP contribution is -2.34. The number of nitrogens with zero attached hydrogens (tertiary/aromatic N) is 1. The van der Waals surface area contributed by atoms with Crippen molar-refractivity contribution >= 4 is 50.6 Å². The fraction of sp³-hybridized carbons (Fsp3) is 0. The molecular weight excluding hydrogens is 381 g/mol. The summed E-state index contributed by atoms with van der Waals surface area (Å²) >= 11 is 11.5. The normalized spacial score (nSPS) is 10.9. The fourth-order valence-electron chi connectivity index (χ4n) is 1.66. The molecule has 2 aromatic rings. The molecule has 0 aliphatic rings. The number of rotatable bonds is 4. The summed E-state index contributed by atoms with van der Waals surface area (Å²) in [4.78, 5) is 21.4. The van der Waals surface area contributed by atoms with E-state index in [1.165, 1.54) is 18.2 Å². The molecule has 0 fully saturated rings. The van der Waals surface area contributed by atoms with Gasteiger partial charge in [0, 0.05) is 17.8 Å². The summed E-state index contributed by atoms with van der Waals surface area (Å²) in [6, 6.07) is 7.28. The van der Waals surface area contributed by atoms with Gasteiger partial charge in [-0.3, -0.25) is 10.1 Å². The standard InChI is InChI=1S/C13H9Cl2N3O5S/c14-11-6-1-8(7-12(11)15)16-13(19)17-24(22,23)10-4-2-9(3-5-10)18(20)21/h1-7H,(H2,16,17,19). The second kappa shape index (κ2) is 7.04. The number of hydrogen-bond donors (Lipinski definition) is 2. The topological polar surface area (TPSA) is 118 Å². The summed E-state index contributed by atoms with van der Waals surface area (Å²) in [6.45, 7) is 0. The quantitative estimate of drug-likeness (QED) is 0.613. The van der Waals surface area contributed by atoms with E-state index in [1.807, 2.05) is 0 Å². The van der Waals surface area contributed by atoms with Crippen LogP contribution in [0.5, 0.6) is 0 Å². The second-order valence-corrected chi connectivity index (χ2v) is 6.94. The maximum Gasteiger partial charge on any atom is 0.333 e. The summed E-state index contributed by atoms with van der Waals surface area (Å²) in [6.07, 6.45) is 0. The number of nitro benzene ring substituents is 1. The molecule has 126 valence electrons. The summed E-state index contributed by atoms with van der Waals surface area (Å²) in [7, 11) is -4.18. The molecule has 0 aliphatic carbocycles. The van der Waals surface area contributed by atoms with Crippen molar-refractivity contribution in [2.45, 2.75) is 4.90 Å². The first-order valence-electron chi connectivity index (χ1n) is 6.22. The summed E-state index contributed by atoms with van der Waals surface area (Å²) in [5.74, 6) is 0. The highest BCUT2D eigenvalue weighted by Crippen LogP contribution is 2.25. The molecule has 2 aromatic carbocycles. The van der Waals surface area contributed by atoms with E-state index in [2.05, 4.69) is 5.32 Å². The molecule has 2 N–H and O–H groups in total. The number of carbonyl (C=O) groups is 1. The molecule has 0 spiro atoms. The molecule has 0 atom stereocenters. The number of urea groups is 1. The molecule has 0 heterocycles. The van der Waals surface area contributed by atoms with Gasteiger partial charge in [-0.1, -0.05) is 23.2 Å². The van der Waals surface area contributed by atoms with E-state index < -0.39 is 21.0 Å². The third kappa shape index (κ3) is 4.34. The van der Waals surface area contributed by atoms with Gasteiger partial charge in [0.2, 0.25) is 0 Å². The van der Waals surface area contributed by atoms with Crippen LogP contribution in [0.2, 0.25) is 10.0 Å². The molecule has 0 bridgehead atoms. The van der Waals surface area contributed by atoms with E-state index in [9.17, 15) is 23.3 Å². The van der Waals surface area contributed by atoms with Crippen LogP contribution in [0.1, 0.15) is 0 Å². The van der Waals surface area contributed by atoms with Gasteiger partial charge < -0.3 is 5.32 Å². The minimum Gasteiger partial charge on any atom is -0.307 e. The van der Waals surface area contributed by atoms with E-state index in [0.29, 0.717) is 0 Å². The molecule has 2 amide bonds. The Morgan fingerprint density at radius 3 is 2.21 bits per heavy atom. The number of non-ortho nitro benzene ring substituents is 1. The summed E-state index contributed by atoms with van der Waals surface area (Å²) in [5, 5.41) is 13.3. The number of halogens is 2. The number of nitrogens with one attached hydrogen (secondary N) is 2. The number of sulfonamides is 1. The Labute approximate surface area is 146 Å². The number of nitro groups is 1. The predicted molar refractivity (Wildman–Crippen MR) is 88.9 cm³/mol. The Kier molecular flexibility index (Phi) is 5.27. The van der Waals surface area contributed by atoms with Crippen LogP contribution in [0, 0.1) is 10.1 Å². The van der Waals surface area contributed by atoms with Crippen LogP contribution in [0.3, 0.4) is 0 Å². The Morgan fingerprint density at radius 1 is 1.04 bits per heavy atom. The Balaban J connectivity index is 2.11. The van der Waals surface area contributed by atoms with Crippen LogP contribution >= 0.6 is 23.2 Å². The number of benzene rings is 2. The predicted octanol–water partition coefficient (Wildman–Crippen LogP) is 3.41. The van der Waals surface area contributed by atoms with Gasteiger partial charge in [-0.2, -0.15) is 0 Å². The highest BCUT2D eigenvalue weighted by molar-refractivity contribution is 7.90. The smallest absolute Gasteiger partial charge is 0.307 e. The maximum absolute atomic E-state index is 12.0. The zero-order chi connectivity index (χ0) is 17.9. The maximum atomic E-state index is 12.0. The van der Waals surface area contributed by atoms with E-state index >= 15 is 0 Å². The monoisotopic (exact) mass is 389 g/mol. The lowest BCUT2D eigenvalue weighted by molar-refractivity contribution is -0.384. The third-order valence-corrected chi connectivity index (χ3v) is 4.85. The van der Waals surface area contributed by atoms with Gasteiger partial charge >= 0.3 is 6.03 Å². The minimum absolute atomic E-state index is 0.188. The minimum atomic E-state index is -4.18. The molecular formula is C13H9Cl2N3O5S. The van der Waals surface area contributed by atoms with Crippen molar-refractivity contribution < 1.29 is 18.1 Å². The van der Waals surface area contributed by atoms with E-state index in [0.717, 1.165) is 24.3 Å². The molecule has 0 aromatic heterocycles. The lowest BCUT2D eigenvalue weighted by Gasteiger charge is -2.09. The van der Waals surface area contributed by atoms with Crippen LogP contribution < -0.4 is 10.0 Å². The van der Waals surface area contributed by atoms with Gasteiger partial charge in [-0.05, 0) is 30.3 Å². The Hall–Kier alpha value is -2.36. The van der Waals surface area contributed by atoms with Crippen LogP contribution in [0.15, 0.2) is 47.4 Å². The SMILES string of the molecule is O=C(Nc1ccc(Cl)c(Cl)c1)NS(=O)(=O)c1ccc([N+](=O)[O-])cc1. The fourth-order valence-corrected chi connectivity index (χ4v) is 2.86. The Bertz CT molecular complexity index is 900. The number of anilines is 1. The molecule has 11 heteroatoms. The van der Waals surface area contributed by atoms with Crippen molar-refractivity contribution in [1.82, 2.24) is 4.72 Å². The van der Waals surface area contributed by atoms with Crippen molar-refractivity contribution in [3.8, 4) is 0 Å². The lowest BCUT2D eigenvalue weighted by atomic mass is 10.3. The Morgan fingerprint density at radius 2 is 1.67 bits per heavy atom. The zero-order valence-electron chi connectivity index (χ0n) is 11.7. The van der Waals surface area contributed by atoms with Gasteiger partial charge in [0.25, 0.3) is 15.7 Å². The summed E-state index contributed by atoms with van der Waals surface area (Å²) < 4.78 is 25.9. The van der Waals surface area contributed by atoms with Gasteiger partial charge in [0.1, 0.15) is 0 Å². The van der Waals surface area contributed by atoms with Gasteiger partial charge in [0.15, 0.2) is 0 Å². The van der Waals surface area contributed by atoms with E-state index in [1.54, 1.807) is 4.72 Å². The van der Waals surface area contributed by atoms with Gasteiger partial charge in [-0.25, -0.2) is 17.9 Å². The molecule has 0 unspecified atom stereocenters. The second-order valence-electron chi connectivity index (χ2n) is 4.44. The van der Waals surface area contributed by atoms with Crippen LogP contribution in [-0.4, -0.2) is 19.4 Å². The van der Waals surface area contributed by atoms with Crippen molar-refractivity contribution in [2.24, 2.45) is 0 Å². The van der Waals surface area contributed by atoms with Crippen LogP contribution in [0.25, 0.3) is 0 Å². The molecule has 0 saturated carbocycles. The van der Waals surface area contributed by atoms with Crippen molar-refractivity contribution in [2.75, 3.05) is 5.32 Å². The number of amides is 2. The van der Waals surface area contributed by atoms with Gasteiger partial charge in [0.05, 0.1) is 19.9 Å². The first-order chi connectivity index (χ1) is 11.2. The molecule has 8 nitrogen and oxygen atoms in total. The summed E-state index contributed by atoms with van der Waals surface area (Å²) in [5.41, 5.74) is -0.0324. The highest BCUT2D eigenvalue weighted by atomic mass is 35.5. The average molecular weight is 390 g/mol. The number of hydrogen-bond acceptors (Lipinski definition) is 5. The van der Waals surface area contributed by atoms with Crippen LogP contribution in [-0.2, 0) is 10.0 Å². The third-order valence-electron chi connectivity index (χ3n) is 2.76. The van der Waals surface area contributed by atoms with E-state index in [-0.39, 0.29) is 26.3 Å². The zero-order valence-corrected chi connectivity index (χ0v) is 14.0. The van der Waals surface area contributed by atoms with Crippen molar-refractivity contribution in [3.63, 3.8) is 0 Å².